The first kappa shape index (κ1) is 47.9. The number of carbonyl (C=O) groups is 3. The van der Waals surface area contributed by atoms with Gasteiger partial charge in [-0.15, -0.1) is 0 Å². The van der Waals surface area contributed by atoms with Crippen molar-refractivity contribution in [2.75, 3.05) is 19.8 Å². The summed E-state index contributed by atoms with van der Waals surface area (Å²) in [7, 11) is -5.13. The van der Waals surface area contributed by atoms with Crippen LogP contribution in [-0.4, -0.2) is 199 Å². The number of aliphatic carboxylic acids is 1. The molecular weight excluding hydrogens is 830 g/mol. The fourth-order valence-corrected chi connectivity index (χ4v) is 6.76. The average Bonchev–Trinajstić information content (AvgIpc) is 3.15. The minimum absolute atomic E-state index is 0.162. The number of non-ortho nitro benzene ring substituents is 1. The van der Waals surface area contributed by atoms with Gasteiger partial charge < -0.3 is 85.0 Å². The molecule has 0 spiro atoms. The summed E-state index contributed by atoms with van der Waals surface area (Å²) in [5, 5.41) is 111. The summed E-state index contributed by atoms with van der Waals surface area (Å²) in [4.78, 5) is 47.7. The van der Waals surface area contributed by atoms with Gasteiger partial charge in [0.2, 0.25) is 18.1 Å². The lowest BCUT2D eigenvalue weighted by atomic mass is 9.88. The highest BCUT2D eigenvalue weighted by Gasteiger charge is 2.58. The number of aliphatic hydroxyl groups is 8. The maximum atomic E-state index is 12.8. The molecule has 3 fully saturated rings. The van der Waals surface area contributed by atoms with Crippen LogP contribution in [0.4, 0.5) is 5.69 Å². The van der Waals surface area contributed by atoms with Gasteiger partial charge in [-0.25, -0.2) is 8.98 Å². The summed E-state index contributed by atoms with van der Waals surface area (Å²) in [6.07, 6.45) is -27.1. The van der Waals surface area contributed by atoms with Crippen molar-refractivity contribution in [3.8, 4) is 5.75 Å². The van der Waals surface area contributed by atoms with Crippen LogP contribution in [0.5, 0.6) is 5.75 Å². The Labute approximate surface area is 333 Å². The highest BCUT2D eigenvalue weighted by Crippen LogP contribution is 2.36. The third-order valence-electron chi connectivity index (χ3n) is 9.35. The number of carbonyl (C=O) groups excluding carboxylic acids is 2. The predicted molar refractivity (Wildman–Crippen MR) is 184 cm³/mol. The van der Waals surface area contributed by atoms with Crippen molar-refractivity contribution in [2.24, 2.45) is 0 Å². The van der Waals surface area contributed by atoms with Crippen LogP contribution in [0.1, 0.15) is 20.3 Å². The fourth-order valence-electron chi connectivity index (χ4n) is 6.45. The van der Waals surface area contributed by atoms with E-state index in [9.17, 15) is 78.9 Å². The van der Waals surface area contributed by atoms with Crippen LogP contribution in [-0.2, 0) is 52.7 Å². The van der Waals surface area contributed by atoms with Gasteiger partial charge >= 0.3 is 16.4 Å². The summed E-state index contributed by atoms with van der Waals surface area (Å²) < 4.78 is 69.8. The van der Waals surface area contributed by atoms with Crippen molar-refractivity contribution in [1.29, 1.82) is 0 Å². The van der Waals surface area contributed by atoms with E-state index in [1.807, 2.05) is 0 Å². The Balaban J connectivity index is 1.72. The zero-order valence-corrected chi connectivity index (χ0v) is 31.7. The van der Waals surface area contributed by atoms with Crippen molar-refractivity contribution in [2.45, 2.75) is 118 Å². The van der Waals surface area contributed by atoms with Gasteiger partial charge in [0.15, 0.2) is 6.29 Å². The Hall–Kier alpha value is -3.82. The monoisotopic (exact) mass is 875 g/mol. The van der Waals surface area contributed by atoms with Crippen molar-refractivity contribution in [1.82, 2.24) is 10.6 Å². The van der Waals surface area contributed by atoms with E-state index in [1.54, 1.807) is 0 Å². The molecule has 28 heteroatoms. The second-order valence-electron chi connectivity index (χ2n) is 13.6. The molecule has 1 aromatic carbocycles. The Kier molecular flexibility index (Phi) is 16.0. The SMILES string of the molecule is CC(=O)NC1C(O)CC(OCC2OC(Oc3ccc([N+](=O)[O-])cc3)C(NC(C)=O)C(OC3OC(COS(=O)(=O)O)C(O)C(O)C3O)C2O)(C(=O)O)OC1C(O)C(O)CO. The molecule has 1 aromatic rings. The Bertz CT molecular complexity index is 1740. The van der Waals surface area contributed by atoms with Crippen LogP contribution < -0.4 is 15.4 Å². The first-order valence-electron chi connectivity index (χ1n) is 17.4. The molecular formula is C31H45N3O24S. The van der Waals surface area contributed by atoms with Crippen LogP contribution in [0.2, 0.25) is 0 Å². The number of hydrogen-bond donors (Lipinski definition) is 12. The third-order valence-corrected chi connectivity index (χ3v) is 9.79. The van der Waals surface area contributed by atoms with E-state index in [4.69, 9.17) is 33.0 Å². The van der Waals surface area contributed by atoms with Crippen molar-refractivity contribution >= 4 is 33.9 Å². The number of hydrogen-bond acceptors (Lipinski definition) is 22. The molecule has 0 aliphatic carbocycles. The summed E-state index contributed by atoms with van der Waals surface area (Å²) in [5.41, 5.74) is -0.371. The number of carboxylic acid groups (broad SMARTS) is 1. The summed E-state index contributed by atoms with van der Waals surface area (Å²) >= 11 is 0. The molecule has 0 bridgehead atoms. The van der Waals surface area contributed by atoms with E-state index in [-0.39, 0.29) is 11.4 Å². The number of rotatable bonds is 17. The third kappa shape index (κ3) is 11.7. The maximum Gasteiger partial charge on any atom is 0.397 e. The molecule has 0 radical (unpaired) electrons. The number of carboxylic acids is 1. The Morgan fingerprint density at radius 2 is 1.49 bits per heavy atom. The topological polar surface area (TPSA) is 419 Å². The van der Waals surface area contributed by atoms with Crippen LogP contribution in [0.15, 0.2) is 24.3 Å². The molecule has 4 rings (SSSR count). The number of amides is 2. The minimum Gasteiger partial charge on any atom is -0.477 e. The predicted octanol–water partition coefficient (Wildman–Crippen LogP) is -6.26. The number of aliphatic hydroxyl groups excluding tert-OH is 8. The molecule has 2 amide bonds. The number of ether oxygens (including phenoxy) is 6. The standard InChI is InChI=1S/C31H45N3O24S/c1-11(36)32-19-15(38)7-31(30(45)46,58-27(19)21(40)16(39)8-35)52-9-17-23(42)26(57-29-25(44)24(43)22(41)18(56-29)10-53-59(49,50)51)20(33-12(2)37)28(55-17)54-14-5-3-13(4-6-14)34(47)48/h3-6,15-29,35,38-44H,7-10H2,1-2H3,(H,32,36)(H,33,37)(H,45,46)(H,49,50,51). The first-order chi connectivity index (χ1) is 27.5. The normalized spacial score (nSPS) is 36.2. The first-order valence-corrected chi connectivity index (χ1v) is 18.8. The zero-order chi connectivity index (χ0) is 44.1. The molecule has 12 N–H and O–H groups in total. The molecule has 16 atom stereocenters. The molecule has 3 heterocycles. The van der Waals surface area contributed by atoms with Gasteiger partial charge in [-0.05, 0) is 12.1 Å². The van der Waals surface area contributed by atoms with Crippen LogP contribution in [0.3, 0.4) is 0 Å². The largest absolute Gasteiger partial charge is 0.477 e. The molecule has 3 aliphatic rings. The van der Waals surface area contributed by atoms with Gasteiger partial charge in [-0.2, -0.15) is 8.42 Å². The fraction of sp³-hybridized carbons (Fsp3) is 0.710. The zero-order valence-electron chi connectivity index (χ0n) is 30.8. The summed E-state index contributed by atoms with van der Waals surface area (Å²) in [6.45, 7) is -1.28. The van der Waals surface area contributed by atoms with Crippen molar-refractivity contribution in [3.05, 3.63) is 34.4 Å². The molecule has 0 saturated carbocycles. The highest BCUT2D eigenvalue weighted by molar-refractivity contribution is 7.80. The van der Waals surface area contributed by atoms with Gasteiger partial charge in [-0.3, -0.25) is 24.3 Å². The van der Waals surface area contributed by atoms with Gasteiger partial charge in [0.25, 0.3) is 11.5 Å². The molecule has 59 heavy (non-hydrogen) atoms. The van der Waals surface area contributed by atoms with E-state index >= 15 is 0 Å². The number of nitrogens with one attached hydrogen (secondary N) is 2. The van der Waals surface area contributed by atoms with Crippen molar-refractivity contribution in [3.63, 3.8) is 0 Å². The quantitative estimate of drug-likeness (QED) is 0.0393. The summed E-state index contributed by atoms with van der Waals surface area (Å²) in [6, 6.07) is 1.02. The Morgan fingerprint density at radius 3 is 2.03 bits per heavy atom. The van der Waals surface area contributed by atoms with E-state index < -0.39 is 157 Å². The average molecular weight is 876 g/mol. The molecule has 3 saturated heterocycles. The molecule has 3 aliphatic heterocycles. The second kappa shape index (κ2) is 19.7. The van der Waals surface area contributed by atoms with Crippen molar-refractivity contribution < 1.29 is 111 Å². The molecule has 0 aromatic heterocycles. The smallest absolute Gasteiger partial charge is 0.397 e. The number of nitrogens with zero attached hydrogens (tertiary/aromatic N) is 1. The van der Waals surface area contributed by atoms with E-state index in [1.165, 1.54) is 0 Å². The van der Waals surface area contributed by atoms with E-state index in [0.717, 1.165) is 38.1 Å². The van der Waals surface area contributed by atoms with Crippen LogP contribution >= 0.6 is 0 Å². The lowest BCUT2D eigenvalue weighted by Crippen LogP contribution is -2.70. The Morgan fingerprint density at radius 1 is 0.915 bits per heavy atom. The van der Waals surface area contributed by atoms with Crippen LogP contribution in [0.25, 0.3) is 0 Å². The number of nitro benzene ring substituents is 1. The van der Waals surface area contributed by atoms with Gasteiger partial charge in [0.1, 0.15) is 72.8 Å². The lowest BCUT2D eigenvalue weighted by Gasteiger charge is -2.49. The van der Waals surface area contributed by atoms with Gasteiger partial charge in [-0.1, -0.05) is 0 Å². The maximum absolute atomic E-state index is 12.8. The number of nitro groups is 1. The van der Waals surface area contributed by atoms with Gasteiger partial charge in [0.05, 0.1) is 36.9 Å². The number of benzene rings is 1. The van der Waals surface area contributed by atoms with E-state index in [0.29, 0.717) is 0 Å². The van der Waals surface area contributed by atoms with Gasteiger partial charge in [0, 0.05) is 32.4 Å². The second-order valence-corrected chi connectivity index (χ2v) is 14.7. The molecule has 334 valence electrons. The molecule has 16 unspecified atom stereocenters. The minimum atomic E-state index is -5.13. The summed E-state index contributed by atoms with van der Waals surface area (Å²) in [5.74, 6) is -6.69. The molecule has 27 nitrogen and oxygen atoms in total. The highest BCUT2D eigenvalue weighted by atomic mass is 32.3. The lowest BCUT2D eigenvalue weighted by molar-refractivity contribution is -0.384. The van der Waals surface area contributed by atoms with Crippen LogP contribution in [0, 0.1) is 10.1 Å². The van der Waals surface area contributed by atoms with E-state index in [2.05, 4.69) is 14.8 Å².